The summed E-state index contributed by atoms with van der Waals surface area (Å²) in [5.74, 6) is 0.0786. The van der Waals surface area contributed by atoms with E-state index < -0.39 is 11.7 Å². The summed E-state index contributed by atoms with van der Waals surface area (Å²) in [4.78, 5) is 41.5. The summed E-state index contributed by atoms with van der Waals surface area (Å²) in [5, 5.41) is 2.93. The number of alkyl carbamates (subject to hydrolysis) is 1. The molecule has 8 nitrogen and oxygen atoms in total. The minimum absolute atomic E-state index is 0.0786. The Labute approximate surface area is 201 Å². The van der Waals surface area contributed by atoms with E-state index in [9.17, 15) is 14.4 Å². The van der Waals surface area contributed by atoms with E-state index in [2.05, 4.69) is 5.32 Å². The van der Waals surface area contributed by atoms with Gasteiger partial charge < -0.3 is 24.6 Å². The van der Waals surface area contributed by atoms with Crippen molar-refractivity contribution >= 4 is 18.1 Å². The minimum Gasteiger partial charge on any atom is -0.445 e. The van der Waals surface area contributed by atoms with Crippen LogP contribution in [0, 0.1) is 0 Å². The van der Waals surface area contributed by atoms with Gasteiger partial charge in [-0.1, -0.05) is 30.3 Å². The first kappa shape index (κ1) is 24.1. The number of hydrogen-bond acceptors (Lipinski definition) is 5. The lowest BCUT2D eigenvalue weighted by Crippen LogP contribution is -2.48. The Morgan fingerprint density at radius 2 is 1.79 bits per heavy atom. The van der Waals surface area contributed by atoms with E-state index in [1.807, 2.05) is 56.0 Å². The van der Waals surface area contributed by atoms with Gasteiger partial charge in [0.25, 0.3) is 0 Å². The lowest BCUT2D eigenvalue weighted by Gasteiger charge is -2.37. The summed E-state index contributed by atoms with van der Waals surface area (Å²) >= 11 is 0. The summed E-state index contributed by atoms with van der Waals surface area (Å²) in [7, 11) is 0. The van der Waals surface area contributed by atoms with Crippen LogP contribution in [0.15, 0.2) is 41.5 Å². The first-order valence-corrected chi connectivity index (χ1v) is 12.2. The Morgan fingerprint density at radius 3 is 2.47 bits per heavy atom. The molecule has 3 aliphatic rings. The highest BCUT2D eigenvalue weighted by Crippen LogP contribution is 2.35. The summed E-state index contributed by atoms with van der Waals surface area (Å²) in [6, 6.07) is 9.58. The van der Waals surface area contributed by atoms with Gasteiger partial charge in [0.2, 0.25) is 5.91 Å². The van der Waals surface area contributed by atoms with E-state index in [0.717, 1.165) is 36.8 Å². The molecule has 3 amide bonds. The molecule has 1 aromatic rings. The number of carbonyl (C=O) groups is 3. The highest BCUT2D eigenvalue weighted by atomic mass is 16.6. The van der Waals surface area contributed by atoms with Crippen LogP contribution >= 0.6 is 0 Å². The van der Waals surface area contributed by atoms with E-state index in [0.29, 0.717) is 26.1 Å². The Balaban J connectivity index is 1.24. The first-order chi connectivity index (χ1) is 16.2. The van der Waals surface area contributed by atoms with Crippen LogP contribution in [0.5, 0.6) is 0 Å². The molecule has 0 spiro atoms. The molecule has 0 bridgehead atoms. The fourth-order valence-electron chi connectivity index (χ4n) is 4.89. The molecule has 2 aliphatic heterocycles. The SMILES string of the molecule is CC(C)(C)OC(=O)N1CCC(N2CC3=C(CC(NC(=O)OCc4ccccc4)CC3)C2=O)CC1. The van der Waals surface area contributed by atoms with Crippen molar-refractivity contribution in [1.29, 1.82) is 0 Å². The average Bonchev–Trinajstić information content (AvgIpc) is 3.13. The number of ether oxygens (including phenoxy) is 2. The fourth-order valence-corrected chi connectivity index (χ4v) is 4.89. The maximum atomic E-state index is 13.2. The van der Waals surface area contributed by atoms with Gasteiger partial charge in [0.1, 0.15) is 12.2 Å². The van der Waals surface area contributed by atoms with Gasteiger partial charge in [0, 0.05) is 37.3 Å². The summed E-state index contributed by atoms with van der Waals surface area (Å²) in [5.41, 5.74) is 2.45. The molecule has 1 fully saturated rings. The molecule has 1 aromatic carbocycles. The van der Waals surface area contributed by atoms with Crippen LogP contribution in [0.3, 0.4) is 0 Å². The van der Waals surface area contributed by atoms with Crippen molar-refractivity contribution in [1.82, 2.24) is 15.1 Å². The molecule has 0 saturated carbocycles. The molecule has 1 unspecified atom stereocenters. The van der Waals surface area contributed by atoms with Crippen molar-refractivity contribution in [3.05, 3.63) is 47.0 Å². The van der Waals surface area contributed by atoms with Gasteiger partial charge in [0.15, 0.2) is 0 Å². The third-order valence-electron chi connectivity index (χ3n) is 6.64. The highest BCUT2D eigenvalue weighted by Gasteiger charge is 2.39. The molecule has 184 valence electrons. The quantitative estimate of drug-likeness (QED) is 0.720. The number of nitrogens with one attached hydrogen (secondary N) is 1. The monoisotopic (exact) mass is 469 g/mol. The van der Waals surface area contributed by atoms with E-state index in [-0.39, 0.29) is 30.7 Å². The van der Waals surface area contributed by atoms with Crippen LogP contribution < -0.4 is 5.32 Å². The normalized spacial score (nSPS) is 21.4. The van der Waals surface area contributed by atoms with Crippen molar-refractivity contribution in [2.24, 2.45) is 0 Å². The third-order valence-corrected chi connectivity index (χ3v) is 6.64. The maximum absolute atomic E-state index is 13.2. The second kappa shape index (κ2) is 10.1. The van der Waals surface area contributed by atoms with E-state index in [1.54, 1.807) is 4.90 Å². The van der Waals surface area contributed by atoms with Gasteiger partial charge in [-0.2, -0.15) is 0 Å². The van der Waals surface area contributed by atoms with E-state index in [4.69, 9.17) is 9.47 Å². The van der Waals surface area contributed by atoms with Crippen LogP contribution in [-0.4, -0.2) is 65.2 Å². The molecule has 0 aromatic heterocycles. The number of likely N-dealkylation sites (tertiary alicyclic amines) is 1. The van der Waals surface area contributed by atoms with Crippen LogP contribution in [0.4, 0.5) is 9.59 Å². The zero-order valence-electron chi connectivity index (χ0n) is 20.3. The number of benzene rings is 1. The standard InChI is InChI=1S/C26H35N3O5/c1-26(2,3)34-25(32)28-13-11-21(12-14-28)29-16-19-9-10-20(15-22(19)23(29)30)27-24(31)33-17-18-7-5-4-6-8-18/h4-8,20-21H,9-17H2,1-3H3,(H,27,31). The minimum atomic E-state index is -0.514. The average molecular weight is 470 g/mol. The molecule has 2 heterocycles. The van der Waals surface area contributed by atoms with Crippen LogP contribution in [0.25, 0.3) is 0 Å². The molecule has 0 radical (unpaired) electrons. The second-order valence-corrected chi connectivity index (χ2v) is 10.4. The zero-order chi connectivity index (χ0) is 24.3. The number of piperidine rings is 1. The van der Waals surface area contributed by atoms with Crippen LogP contribution in [0.1, 0.15) is 58.4 Å². The Morgan fingerprint density at radius 1 is 1.09 bits per heavy atom. The van der Waals surface area contributed by atoms with Crippen LogP contribution in [-0.2, 0) is 20.9 Å². The second-order valence-electron chi connectivity index (χ2n) is 10.4. The lowest BCUT2D eigenvalue weighted by atomic mass is 9.90. The van der Waals surface area contributed by atoms with Crippen molar-refractivity contribution in [2.45, 2.75) is 77.2 Å². The topological polar surface area (TPSA) is 88.2 Å². The highest BCUT2D eigenvalue weighted by molar-refractivity contribution is 5.97. The van der Waals surface area contributed by atoms with Crippen molar-refractivity contribution < 1.29 is 23.9 Å². The summed E-state index contributed by atoms with van der Waals surface area (Å²) in [6.07, 6.45) is 2.91. The molecule has 1 atom stereocenters. The fraction of sp³-hybridized carbons (Fsp3) is 0.577. The first-order valence-electron chi connectivity index (χ1n) is 12.2. The number of carbonyl (C=O) groups excluding carboxylic acids is 3. The van der Waals surface area contributed by atoms with E-state index in [1.165, 1.54) is 5.57 Å². The van der Waals surface area contributed by atoms with Gasteiger partial charge in [0.05, 0.1) is 0 Å². The predicted octanol–water partition coefficient (Wildman–Crippen LogP) is 4.00. The summed E-state index contributed by atoms with van der Waals surface area (Å²) < 4.78 is 10.8. The smallest absolute Gasteiger partial charge is 0.410 e. The Hall–Kier alpha value is -3.03. The number of amides is 3. The number of rotatable bonds is 4. The number of nitrogens with zero attached hydrogens (tertiary/aromatic N) is 2. The van der Waals surface area contributed by atoms with Crippen molar-refractivity contribution in [3.63, 3.8) is 0 Å². The van der Waals surface area contributed by atoms with Gasteiger partial charge >= 0.3 is 12.2 Å². The number of hydrogen-bond donors (Lipinski definition) is 1. The Kier molecular flexibility index (Phi) is 7.14. The van der Waals surface area contributed by atoms with Gasteiger partial charge in [-0.3, -0.25) is 4.79 Å². The largest absolute Gasteiger partial charge is 0.445 e. The molecular formula is C26H35N3O5. The predicted molar refractivity (Wildman–Crippen MR) is 127 cm³/mol. The molecule has 34 heavy (non-hydrogen) atoms. The van der Waals surface area contributed by atoms with Crippen molar-refractivity contribution in [2.75, 3.05) is 19.6 Å². The Bertz CT molecular complexity index is 945. The molecule has 4 rings (SSSR count). The molecule has 8 heteroatoms. The molecular weight excluding hydrogens is 434 g/mol. The van der Waals surface area contributed by atoms with Crippen molar-refractivity contribution in [3.8, 4) is 0 Å². The van der Waals surface area contributed by atoms with Gasteiger partial charge in [-0.05, 0) is 64.0 Å². The lowest BCUT2D eigenvalue weighted by molar-refractivity contribution is -0.128. The van der Waals surface area contributed by atoms with Crippen LogP contribution in [0.2, 0.25) is 0 Å². The molecule has 1 N–H and O–H groups in total. The third kappa shape index (κ3) is 5.90. The maximum Gasteiger partial charge on any atom is 0.410 e. The van der Waals surface area contributed by atoms with Gasteiger partial charge in [-0.15, -0.1) is 0 Å². The van der Waals surface area contributed by atoms with Gasteiger partial charge in [-0.25, -0.2) is 9.59 Å². The molecule has 1 aliphatic carbocycles. The molecule has 1 saturated heterocycles. The summed E-state index contributed by atoms with van der Waals surface area (Å²) in [6.45, 7) is 7.65. The van der Waals surface area contributed by atoms with E-state index >= 15 is 0 Å². The zero-order valence-corrected chi connectivity index (χ0v) is 20.3.